The first kappa shape index (κ1) is 13.3. The summed E-state index contributed by atoms with van der Waals surface area (Å²) in [6, 6.07) is 8.94. The monoisotopic (exact) mass is 292 g/mol. The van der Waals surface area contributed by atoms with E-state index in [0.29, 0.717) is 11.5 Å². The Morgan fingerprint density at radius 1 is 1.19 bits per heavy atom. The predicted molar refractivity (Wildman–Crippen MR) is 69.1 cm³/mol. The first-order chi connectivity index (χ1) is 10.1. The summed E-state index contributed by atoms with van der Waals surface area (Å²) in [5, 5.41) is 2.29. The van der Waals surface area contributed by atoms with Crippen LogP contribution in [0.25, 0.3) is 0 Å². The third kappa shape index (κ3) is 2.76. The minimum Gasteiger partial charge on any atom is -0.485 e. The molecule has 21 heavy (non-hydrogen) atoms. The van der Waals surface area contributed by atoms with Gasteiger partial charge in [-0.3, -0.25) is 4.79 Å². The molecule has 0 aliphatic carbocycles. The minimum absolute atomic E-state index is 0.000904. The molecular formula is C14H10F2N2O3. The van der Waals surface area contributed by atoms with Crippen LogP contribution in [0.1, 0.15) is 0 Å². The van der Waals surface area contributed by atoms with Crippen molar-refractivity contribution in [1.29, 1.82) is 0 Å². The number of fused-ring (bicyclic) bond motifs is 1. The van der Waals surface area contributed by atoms with Gasteiger partial charge < -0.3 is 14.8 Å². The fourth-order valence-electron chi connectivity index (χ4n) is 1.87. The molecule has 0 spiro atoms. The van der Waals surface area contributed by atoms with Crippen molar-refractivity contribution in [1.82, 2.24) is 4.98 Å². The number of carbonyl (C=O) groups is 1. The Hall–Kier alpha value is -2.70. The highest BCUT2D eigenvalue weighted by Crippen LogP contribution is 2.31. The average molecular weight is 292 g/mol. The molecule has 1 aliphatic heterocycles. The number of para-hydroxylation sites is 2. The molecule has 1 atom stereocenters. The van der Waals surface area contributed by atoms with Crippen molar-refractivity contribution in [2.75, 3.05) is 11.9 Å². The average Bonchev–Trinajstić information content (AvgIpc) is 2.49. The van der Waals surface area contributed by atoms with Crippen LogP contribution in [0.5, 0.6) is 11.5 Å². The fraction of sp³-hybridized carbons (Fsp3) is 0.143. The molecule has 108 valence electrons. The zero-order valence-corrected chi connectivity index (χ0v) is 10.7. The number of hydrogen-bond donors (Lipinski definition) is 1. The Balaban J connectivity index is 1.72. The first-order valence-corrected chi connectivity index (χ1v) is 6.15. The third-order valence-corrected chi connectivity index (χ3v) is 2.87. The molecule has 1 unspecified atom stereocenters. The van der Waals surface area contributed by atoms with Gasteiger partial charge in [0.25, 0.3) is 5.91 Å². The molecule has 0 bridgehead atoms. The highest BCUT2D eigenvalue weighted by Gasteiger charge is 2.27. The Labute approximate surface area is 118 Å². The van der Waals surface area contributed by atoms with Gasteiger partial charge >= 0.3 is 0 Å². The second-order valence-corrected chi connectivity index (χ2v) is 4.33. The van der Waals surface area contributed by atoms with Gasteiger partial charge in [0.15, 0.2) is 11.5 Å². The van der Waals surface area contributed by atoms with E-state index in [0.717, 1.165) is 12.1 Å². The summed E-state index contributed by atoms with van der Waals surface area (Å²) in [6.45, 7) is -0.000904. The van der Waals surface area contributed by atoms with E-state index in [1.54, 1.807) is 24.3 Å². The quantitative estimate of drug-likeness (QED) is 0.861. The molecule has 1 amide bonds. The van der Waals surface area contributed by atoms with Crippen LogP contribution in [-0.4, -0.2) is 23.6 Å². The molecule has 1 N–H and O–H groups in total. The molecule has 0 saturated carbocycles. The molecule has 1 aromatic carbocycles. The molecule has 3 rings (SSSR count). The van der Waals surface area contributed by atoms with Crippen LogP contribution in [0, 0.1) is 11.9 Å². The normalized spacial score (nSPS) is 16.4. The molecule has 2 heterocycles. The van der Waals surface area contributed by atoms with E-state index >= 15 is 0 Å². The maximum Gasteiger partial charge on any atom is 0.269 e. The Bertz CT molecular complexity index is 694. The molecule has 1 aliphatic rings. The molecule has 0 saturated heterocycles. The van der Waals surface area contributed by atoms with Crippen molar-refractivity contribution in [2.45, 2.75) is 6.10 Å². The van der Waals surface area contributed by atoms with E-state index in [-0.39, 0.29) is 12.3 Å². The van der Waals surface area contributed by atoms with Crippen molar-refractivity contribution in [3.05, 3.63) is 48.3 Å². The maximum absolute atomic E-state index is 13.4. The van der Waals surface area contributed by atoms with Crippen LogP contribution in [0.2, 0.25) is 0 Å². The van der Waals surface area contributed by atoms with E-state index in [2.05, 4.69) is 10.3 Å². The van der Waals surface area contributed by atoms with E-state index in [1.807, 2.05) is 0 Å². The van der Waals surface area contributed by atoms with Gasteiger partial charge in [-0.15, -0.1) is 0 Å². The minimum atomic E-state index is -1.10. The van der Waals surface area contributed by atoms with Gasteiger partial charge in [0.05, 0.1) is 5.69 Å². The smallest absolute Gasteiger partial charge is 0.269 e. The molecule has 1 aromatic heterocycles. The molecule has 0 fully saturated rings. The number of anilines is 1. The van der Waals surface area contributed by atoms with Gasteiger partial charge in [-0.2, -0.15) is 13.8 Å². The van der Waals surface area contributed by atoms with Crippen LogP contribution >= 0.6 is 0 Å². The van der Waals surface area contributed by atoms with Crippen LogP contribution in [-0.2, 0) is 4.79 Å². The first-order valence-electron chi connectivity index (χ1n) is 6.15. The number of aromatic nitrogens is 1. The van der Waals surface area contributed by atoms with Crippen molar-refractivity contribution in [3.8, 4) is 11.5 Å². The standard InChI is InChI=1S/C14H10F2N2O3/c15-12-6-5-8(13(16)18-12)17-14(19)11-7-20-9-3-1-2-4-10(9)21-11/h1-6,11H,7H2,(H,17,19). The van der Waals surface area contributed by atoms with Gasteiger partial charge in [-0.05, 0) is 24.3 Å². The lowest BCUT2D eigenvalue weighted by Crippen LogP contribution is -2.40. The van der Waals surface area contributed by atoms with E-state index in [1.165, 1.54) is 0 Å². The van der Waals surface area contributed by atoms with Crippen molar-refractivity contribution >= 4 is 11.6 Å². The van der Waals surface area contributed by atoms with Crippen LogP contribution in [0.15, 0.2) is 36.4 Å². The summed E-state index contributed by atoms with van der Waals surface area (Å²) < 4.78 is 36.9. The van der Waals surface area contributed by atoms with Gasteiger partial charge in [0, 0.05) is 0 Å². The number of amides is 1. The number of rotatable bonds is 2. The van der Waals surface area contributed by atoms with Crippen LogP contribution in [0.3, 0.4) is 0 Å². The van der Waals surface area contributed by atoms with Crippen LogP contribution in [0.4, 0.5) is 14.5 Å². The zero-order chi connectivity index (χ0) is 14.8. The van der Waals surface area contributed by atoms with Gasteiger partial charge in [0.1, 0.15) is 6.61 Å². The number of carbonyl (C=O) groups excluding carboxylic acids is 1. The van der Waals surface area contributed by atoms with E-state index < -0.39 is 23.9 Å². The summed E-state index contributed by atoms with van der Waals surface area (Å²) in [6.07, 6.45) is -0.927. The van der Waals surface area contributed by atoms with Gasteiger partial charge in [-0.1, -0.05) is 12.1 Å². The Morgan fingerprint density at radius 2 is 1.95 bits per heavy atom. The van der Waals surface area contributed by atoms with Gasteiger partial charge in [-0.25, -0.2) is 0 Å². The maximum atomic E-state index is 13.4. The number of benzene rings is 1. The number of hydrogen-bond acceptors (Lipinski definition) is 4. The van der Waals surface area contributed by atoms with Crippen molar-refractivity contribution in [3.63, 3.8) is 0 Å². The second-order valence-electron chi connectivity index (χ2n) is 4.33. The number of halogens is 2. The van der Waals surface area contributed by atoms with Gasteiger partial charge in [0.2, 0.25) is 18.0 Å². The van der Waals surface area contributed by atoms with E-state index in [9.17, 15) is 13.6 Å². The topological polar surface area (TPSA) is 60.5 Å². The second kappa shape index (κ2) is 5.35. The molecule has 7 heteroatoms. The lowest BCUT2D eigenvalue weighted by atomic mass is 10.2. The number of ether oxygens (including phenoxy) is 2. The summed E-state index contributed by atoms with van der Waals surface area (Å²) in [7, 11) is 0. The summed E-state index contributed by atoms with van der Waals surface area (Å²) in [5.74, 6) is -1.69. The molecule has 0 radical (unpaired) electrons. The summed E-state index contributed by atoms with van der Waals surface area (Å²) >= 11 is 0. The molecule has 2 aromatic rings. The SMILES string of the molecule is O=C(Nc1ccc(F)nc1F)C1COc2ccccc2O1. The fourth-order valence-corrected chi connectivity index (χ4v) is 1.87. The number of nitrogens with one attached hydrogen (secondary N) is 1. The lowest BCUT2D eigenvalue weighted by molar-refractivity contribution is -0.125. The molecular weight excluding hydrogens is 282 g/mol. The van der Waals surface area contributed by atoms with Crippen LogP contribution < -0.4 is 14.8 Å². The number of nitrogens with zero attached hydrogens (tertiary/aromatic N) is 1. The van der Waals surface area contributed by atoms with Crippen molar-refractivity contribution in [2.24, 2.45) is 0 Å². The largest absolute Gasteiger partial charge is 0.485 e. The summed E-state index contributed by atoms with van der Waals surface area (Å²) in [5.41, 5.74) is -0.219. The highest BCUT2D eigenvalue weighted by molar-refractivity contribution is 5.94. The summed E-state index contributed by atoms with van der Waals surface area (Å²) in [4.78, 5) is 15.0. The van der Waals surface area contributed by atoms with E-state index in [4.69, 9.17) is 9.47 Å². The molecule has 5 nitrogen and oxygen atoms in total. The lowest BCUT2D eigenvalue weighted by Gasteiger charge is -2.25. The third-order valence-electron chi connectivity index (χ3n) is 2.87. The highest BCUT2D eigenvalue weighted by atomic mass is 19.1. The number of pyridine rings is 1. The Morgan fingerprint density at radius 3 is 2.71 bits per heavy atom. The van der Waals surface area contributed by atoms with Crippen molar-refractivity contribution < 1.29 is 23.0 Å². The Kier molecular flexibility index (Phi) is 3.39. The predicted octanol–water partition coefficient (Wildman–Crippen LogP) is 2.14. The zero-order valence-electron chi connectivity index (χ0n) is 10.7.